The summed E-state index contributed by atoms with van der Waals surface area (Å²) in [6.45, 7) is 3.49. The molecule has 0 bridgehead atoms. The van der Waals surface area contributed by atoms with Gasteiger partial charge >= 0.3 is 11.9 Å². The van der Waals surface area contributed by atoms with Crippen LogP contribution < -0.4 is 5.32 Å². The first-order valence-corrected chi connectivity index (χ1v) is 10.2. The summed E-state index contributed by atoms with van der Waals surface area (Å²) in [6, 6.07) is 5.69. The minimum Gasteiger partial charge on any atom is -0.463 e. The van der Waals surface area contributed by atoms with Crippen LogP contribution in [-0.2, 0) is 33.3 Å². The predicted molar refractivity (Wildman–Crippen MR) is 116 cm³/mol. The molecule has 33 heavy (non-hydrogen) atoms. The lowest BCUT2D eigenvalue weighted by molar-refractivity contribution is -0.384. The molecule has 1 unspecified atom stereocenters. The van der Waals surface area contributed by atoms with Crippen LogP contribution in [0.2, 0.25) is 0 Å². The predicted octanol–water partition coefficient (Wildman–Crippen LogP) is 2.18. The Labute approximate surface area is 191 Å². The van der Waals surface area contributed by atoms with Crippen LogP contribution in [0.15, 0.2) is 46.8 Å². The Balaban J connectivity index is 2.78. The van der Waals surface area contributed by atoms with E-state index in [1.165, 1.54) is 39.5 Å². The van der Waals surface area contributed by atoms with Crippen molar-refractivity contribution in [1.29, 1.82) is 0 Å². The lowest BCUT2D eigenvalue weighted by atomic mass is 9.80. The van der Waals surface area contributed by atoms with Gasteiger partial charge in [-0.05, 0) is 19.4 Å². The van der Waals surface area contributed by atoms with Crippen molar-refractivity contribution in [2.75, 3.05) is 41.2 Å². The molecule has 180 valence electrons. The van der Waals surface area contributed by atoms with Crippen LogP contribution in [0.3, 0.4) is 0 Å². The monoisotopic (exact) mass is 464 g/mol. The van der Waals surface area contributed by atoms with Crippen molar-refractivity contribution in [3.63, 3.8) is 0 Å². The van der Waals surface area contributed by atoms with Gasteiger partial charge in [-0.3, -0.25) is 10.1 Å². The van der Waals surface area contributed by atoms with Gasteiger partial charge in [-0.25, -0.2) is 9.59 Å². The Morgan fingerprint density at radius 1 is 1.09 bits per heavy atom. The highest BCUT2D eigenvalue weighted by molar-refractivity contribution is 6.00. The summed E-state index contributed by atoms with van der Waals surface area (Å²) in [5.74, 6) is -2.48. The summed E-state index contributed by atoms with van der Waals surface area (Å²) in [4.78, 5) is 37.1. The Kier molecular flexibility index (Phi) is 9.52. The average Bonchev–Trinajstić information content (AvgIpc) is 2.79. The topological polar surface area (TPSA) is 135 Å². The number of hydrogen-bond donors (Lipinski definition) is 1. The number of methoxy groups -OCH3 is 3. The van der Waals surface area contributed by atoms with Crippen LogP contribution in [0.4, 0.5) is 5.69 Å². The van der Waals surface area contributed by atoms with Crippen molar-refractivity contribution in [2.24, 2.45) is 0 Å². The molecule has 0 amide bonds. The maximum absolute atomic E-state index is 13.3. The molecule has 0 spiro atoms. The van der Waals surface area contributed by atoms with Crippen molar-refractivity contribution < 1.29 is 38.2 Å². The maximum atomic E-state index is 13.3. The Morgan fingerprint density at radius 2 is 1.76 bits per heavy atom. The van der Waals surface area contributed by atoms with E-state index in [2.05, 4.69) is 5.32 Å². The molecule has 0 saturated carbocycles. The fourth-order valence-corrected chi connectivity index (χ4v) is 3.53. The zero-order valence-corrected chi connectivity index (χ0v) is 19.2. The summed E-state index contributed by atoms with van der Waals surface area (Å²) in [6.07, 6.45) is -1.00. The van der Waals surface area contributed by atoms with Gasteiger partial charge in [0.1, 0.15) is 6.61 Å². The minimum atomic E-state index is -1.04. The summed E-state index contributed by atoms with van der Waals surface area (Å²) in [7, 11) is 4.24. The van der Waals surface area contributed by atoms with Gasteiger partial charge in [0.05, 0.1) is 40.9 Å². The third-order valence-electron chi connectivity index (χ3n) is 4.91. The third kappa shape index (κ3) is 5.95. The molecular formula is C22H28N2O9. The standard InChI is InChI=1S/C22H28N2O9/c1-6-32-20(25)16-13(2)23-19(22(30-4)31-5)18(21(26)33-11-10-29-3)17(16)14-8-7-9-15(12-14)24(27)28/h7-9,12,17,22-23H,6,10-11H2,1-5H3. The number of benzene rings is 1. The molecule has 1 aromatic rings. The number of nitro groups is 1. The number of non-ortho nitro benzene ring substituents is 1. The summed E-state index contributed by atoms with van der Waals surface area (Å²) >= 11 is 0. The average molecular weight is 464 g/mol. The SMILES string of the molecule is CCOC(=O)C1=C(C)NC(C(OC)OC)=C(C(=O)OCCOC)C1c1cccc([N+](=O)[O-])c1. The zero-order valence-electron chi connectivity index (χ0n) is 19.2. The van der Waals surface area contributed by atoms with Gasteiger partial charge in [-0.15, -0.1) is 0 Å². The number of nitrogens with zero attached hydrogens (tertiary/aromatic N) is 1. The van der Waals surface area contributed by atoms with Crippen molar-refractivity contribution in [3.05, 3.63) is 62.5 Å². The molecule has 11 nitrogen and oxygen atoms in total. The number of carbonyl (C=O) groups is 2. The molecule has 1 aromatic carbocycles. The number of ether oxygens (including phenoxy) is 5. The van der Waals surface area contributed by atoms with Gasteiger partial charge in [-0.1, -0.05) is 12.1 Å². The number of carbonyl (C=O) groups excluding carboxylic acids is 2. The molecule has 1 atom stereocenters. The number of dihydropyridines is 1. The summed E-state index contributed by atoms with van der Waals surface area (Å²) in [5, 5.41) is 14.4. The molecule has 1 aliphatic heterocycles. The van der Waals surface area contributed by atoms with E-state index >= 15 is 0 Å². The molecule has 1 N–H and O–H groups in total. The normalized spacial score (nSPS) is 16.0. The van der Waals surface area contributed by atoms with Crippen LogP contribution in [0.25, 0.3) is 0 Å². The van der Waals surface area contributed by atoms with Crippen LogP contribution in [0.5, 0.6) is 0 Å². The molecule has 0 radical (unpaired) electrons. The number of nitro benzene ring substituents is 1. The van der Waals surface area contributed by atoms with Crippen molar-refractivity contribution in [2.45, 2.75) is 26.1 Å². The van der Waals surface area contributed by atoms with Gasteiger partial charge in [0, 0.05) is 39.2 Å². The first-order chi connectivity index (χ1) is 15.8. The van der Waals surface area contributed by atoms with Crippen molar-refractivity contribution in [1.82, 2.24) is 5.32 Å². The number of esters is 2. The second kappa shape index (κ2) is 12.1. The maximum Gasteiger partial charge on any atom is 0.337 e. The highest BCUT2D eigenvalue weighted by atomic mass is 16.7. The van der Waals surface area contributed by atoms with E-state index in [4.69, 9.17) is 23.7 Å². The molecule has 1 heterocycles. The van der Waals surface area contributed by atoms with Gasteiger partial charge in [-0.2, -0.15) is 0 Å². The smallest absolute Gasteiger partial charge is 0.337 e. The van der Waals surface area contributed by atoms with Crippen LogP contribution in [0.1, 0.15) is 25.3 Å². The second-order valence-electron chi connectivity index (χ2n) is 6.93. The van der Waals surface area contributed by atoms with E-state index in [0.29, 0.717) is 11.3 Å². The lowest BCUT2D eigenvalue weighted by Crippen LogP contribution is -2.38. The van der Waals surface area contributed by atoms with E-state index < -0.39 is 29.1 Å². The minimum absolute atomic E-state index is 0.00829. The highest BCUT2D eigenvalue weighted by Gasteiger charge is 2.41. The highest BCUT2D eigenvalue weighted by Crippen LogP contribution is 2.41. The van der Waals surface area contributed by atoms with Crippen molar-refractivity contribution in [3.8, 4) is 0 Å². The number of nitrogens with one attached hydrogen (secondary N) is 1. The van der Waals surface area contributed by atoms with Gasteiger partial charge in [0.15, 0.2) is 6.29 Å². The molecule has 1 aliphatic rings. The zero-order chi connectivity index (χ0) is 24.5. The fraction of sp³-hybridized carbons (Fsp3) is 0.455. The summed E-state index contributed by atoms with van der Waals surface area (Å²) < 4.78 is 26.3. The second-order valence-corrected chi connectivity index (χ2v) is 6.93. The van der Waals surface area contributed by atoms with Crippen LogP contribution in [0, 0.1) is 10.1 Å². The molecule has 0 aliphatic carbocycles. The molecule has 0 saturated heterocycles. The van der Waals surface area contributed by atoms with E-state index in [-0.39, 0.29) is 42.4 Å². The molecule has 0 aromatic heterocycles. The third-order valence-corrected chi connectivity index (χ3v) is 4.91. The molecule has 11 heteroatoms. The summed E-state index contributed by atoms with van der Waals surface area (Å²) in [5.41, 5.74) is 0.850. The molecule has 0 fully saturated rings. The van der Waals surface area contributed by atoms with Crippen LogP contribution in [-0.4, -0.2) is 64.3 Å². The lowest BCUT2D eigenvalue weighted by Gasteiger charge is -2.33. The molecular weight excluding hydrogens is 436 g/mol. The van der Waals surface area contributed by atoms with Gasteiger partial charge in [0.25, 0.3) is 5.69 Å². The van der Waals surface area contributed by atoms with E-state index in [1.54, 1.807) is 19.9 Å². The molecule has 2 rings (SSSR count). The fourth-order valence-electron chi connectivity index (χ4n) is 3.53. The Bertz CT molecular complexity index is 951. The Morgan fingerprint density at radius 3 is 2.33 bits per heavy atom. The van der Waals surface area contributed by atoms with Gasteiger partial charge < -0.3 is 29.0 Å². The largest absolute Gasteiger partial charge is 0.463 e. The van der Waals surface area contributed by atoms with Gasteiger partial charge in [0.2, 0.25) is 0 Å². The van der Waals surface area contributed by atoms with E-state index in [9.17, 15) is 19.7 Å². The Hall–Kier alpha value is -3.28. The number of hydrogen-bond acceptors (Lipinski definition) is 10. The number of allylic oxidation sites excluding steroid dienone is 1. The van der Waals surface area contributed by atoms with E-state index in [1.807, 2.05) is 0 Å². The van der Waals surface area contributed by atoms with Crippen molar-refractivity contribution >= 4 is 17.6 Å². The van der Waals surface area contributed by atoms with Crippen LogP contribution >= 0.6 is 0 Å². The number of rotatable bonds is 11. The first kappa shape index (κ1) is 26.0. The first-order valence-electron chi connectivity index (χ1n) is 10.2. The van der Waals surface area contributed by atoms with E-state index in [0.717, 1.165) is 0 Å². The quantitative estimate of drug-likeness (QED) is 0.171.